The maximum absolute atomic E-state index is 6.44. The number of nitrogens with zero attached hydrogens (tertiary/aromatic N) is 2. The molecule has 1 fully saturated rings. The van der Waals surface area contributed by atoms with Gasteiger partial charge in [-0.3, -0.25) is 0 Å². The normalized spacial score (nSPS) is 35.0. The molecular weight excluding hydrogens is 266 g/mol. The van der Waals surface area contributed by atoms with Gasteiger partial charge >= 0.3 is 0 Å². The molecule has 0 aliphatic heterocycles. The largest absolute Gasteiger partial charge is 0.319 e. The van der Waals surface area contributed by atoms with Crippen molar-refractivity contribution in [3.05, 3.63) is 22.7 Å². The standard InChI is InChI=1S/C12H18BrN3/c1-8-3-4-12(14,5-9(8)2)11-15-6-10(13)7-16-11/h6-9H,3-5,14H2,1-2H3. The van der Waals surface area contributed by atoms with Crippen LogP contribution in [0.15, 0.2) is 16.9 Å². The summed E-state index contributed by atoms with van der Waals surface area (Å²) in [5.74, 6) is 2.19. The summed E-state index contributed by atoms with van der Waals surface area (Å²) in [4.78, 5) is 8.70. The molecule has 1 heterocycles. The average molecular weight is 284 g/mol. The summed E-state index contributed by atoms with van der Waals surface area (Å²) in [5.41, 5.74) is 6.12. The molecular formula is C12H18BrN3. The van der Waals surface area contributed by atoms with Crippen molar-refractivity contribution in [2.24, 2.45) is 17.6 Å². The van der Waals surface area contributed by atoms with E-state index in [2.05, 4.69) is 39.7 Å². The third-order valence-electron chi connectivity index (χ3n) is 3.77. The molecule has 1 aromatic heterocycles. The van der Waals surface area contributed by atoms with Crippen molar-refractivity contribution in [1.82, 2.24) is 9.97 Å². The van der Waals surface area contributed by atoms with E-state index >= 15 is 0 Å². The second-order valence-electron chi connectivity index (χ2n) is 5.08. The number of aromatic nitrogens is 2. The Balaban J connectivity index is 2.22. The van der Waals surface area contributed by atoms with Crippen LogP contribution in [0.5, 0.6) is 0 Å². The van der Waals surface area contributed by atoms with Crippen LogP contribution in [-0.2, 0) is 5.54 Å². The zero-order valence-corrected chi connectivity index (χ0v) is 11.4. The number of hydrogen-bond acceptors (Lipinski definition) is 3. The molecule has 2 rings (SSSR count). The van der Waals surface area contributed by atoms with Crippen molar-refractivity contribution in [2.75, 3.05) is 0 Å². The van der Waals surface area contributed by atoms with Crippen molar-refractivity contribution in [3.63, 3.8) is 0 Å². The van der Waals surface area contributed by atoms with Crippen LogP contribution in [0.25, 0.3) is 0 Å². The SMILES string of the molecule is CC1CCC(N)(c2ncc(Br)cn2)CC1C. The minimum Gasteiger partial charge on any atom is -0.319 e. The van der Waals surface area contributed by atoms with Gasteiger partial charge < -0.3 is 5.73 Å². The quantitative estimate of drug-likeness (QED) is 0.862. The molecule has 2 N–H and O–H groups in total. The summed E-state index contributed by atoms with van der Waals surface area (Å²) >= 11 is 3.34. The lowest BCUT2D eigenvalue weighted by Gasteiger charge is -2.38. The Morgan fingerprint density at radius 1 is 1.31 bits per heavy atom. The predicted molar refractivity (Wildman–Crippen MR) is 67.8 cm³/mol. The Morgan fingerprint density at radius 3 is 2.50 bits per heavy atom. The average Bonchev–Trinajstić information content (AvgIpc) is 2.25. The fraction of sp³-hybridized carbons (Fsp3) is 0.667. The summed E-state index contributed by atoms with van der Waals surface area (Å²) in [5, 5.41) is 0. The highest BCUT2D eigenvalue weighted by Gasteiger charge is 2.37. The fourth-order valence-corrected chi connectivity index (χ4v) is 2.62. The van der Waals surface area contributed by atoms with Gasteiger partial charge in [0.05, 0.1) is 10.0 Å². The van der Waals surface area contributed by atoms with Gasteiger partial charge in [0.15, 0.2) is 0 Å². The molecule has 3 atom stereocenters. The van der Waals surface area contributed by atoms with Gasteiger partial charge in [-0.05, 0) is 47.0 Å². The minimum atomic E-state index is -0.327. The van der Waals surface area contributed by atoms with E-state index in [1.54, 1.807) is 12.4 Å². The van der Waals surface area contributed by atoms with E-state index < -0.39 is 0 Å². The third-order valence-corrected chi connectivity index (χ3v) is 4.18. The molecule has 3 nitrogen and oxygen atoms in total. The Labute approximate surface area is 105 Å². The first-order valence-electron chi connectivity index (χ1n) is 5.78. The lowest BCUT2D eigenvalue weighted by Crippen LogP contribution is -2.44. The minimum absolute atomic E-state index is 0.327. The third kappa shape index (κ3) is 2.28. The lowest BCUT2D eigenvalue weighted by molar-refractivity contribution is 0.169. The molecule has 0 amide bonds. The maximum Gasteiger partial charge on any atom is 0.148 e. The van der Waals surface area contributed by atoms with Gasteiger partial charge in [0.1, 0.15) is 5.82 Å². The van der Waals surface area contributed by atoms with Crippen LogP contribution in [0.3, 0.4) is 0 Å². The summed E-state index contributed by atoms with van der Waals surface area (Å²) in [7, 11) is 0. The molecule has 88 valence electrons. The molecule has 0 saturated heterocycles. The highest BCUT2D eigenvalue weighted by Crippen LogP contribution is 2.39. The van der Waals surface area contributed by atoms with E-state index in [1.807, 2.05) is 0 Å². The van der Waals surface area contributed by atoms with E-state index in [1.165, 1.54) is 0 Å². The number of nitrogens with two attached hydrogens (primary N) is 1. The highest BCUT2D eigenvalue weighted by molar-refractivity contribution is 9.10. The zero-order chi connectivity index (χ0) is 11.8. The van der Waals surface area contributed by atoms with Gasteiger partial charge in [-0.25, -0.2) is 9.97 Å². The first kappa shape index (κ1) is 12.0. The van der Waals surface area contributed by atoms with Crippen molar-refractivity contribution < 1.29 is 0 Å². The topological polar surface area (TPSA) is 51.8 Å². The second-order valence-corrected chi connectivity index (χ2v) is 5.99. The molecule has 1 aromatic rings. The van der Waals surface area contributed by atoms with Crippen LogP contribution in [0.1, 0.15) is 38.9 Å². The van der Waals surface area contributed by atoms with Crippen LogP contribution in [0.4, 0.5) is 0 Å². The van der Waals surface area contributed by atoms with Crippen molar-refractivity contribution >= 4 is 15.9 Å². The van der Waals surface area contributed by atoms with E-state index in [-0.39, 0.29) is 5.54 Å². The van der Waals surface area contributed by atoms with Gasteiger partial charge in [-0.2, -0.15) is 0 Å². The van der Waals surface area contributed by atoms with E-state index in [4.69, 9.17) is 5.73 Å². The van der Waals surface area contributed by atoms with Gasteiger partial charge in [0.25, 0.3) is 0 Å². The van der Waals surface area contributed by atoms with Crippen LogP contribution < -0.4 is 5.73 Å². The Kier molecular flexibility index (Phi) is 3.31. The van der Waals surface area contributed by atoms with Crippen LogP contribution in [0, 0.1) is 11.8 Å². The van der Waals surface area contributed by atoms with Crippen LogP contribution in [-0.4, -0.2) is 9.97 Å². The molecule has 16 heavy (non-hydrogen) atoms. The van der Waals surface area contributed by atoms with E-state index in [0.717, 1.165) is 35.5 Å². The Bertz CT molecular complexity index is 365. The monoisotopic (exact) mass is 283 g/mol. The van der Waals surface area contributed by atoms with Crippen LogP contribution in [0.2, 0.25) is 0 Å². The molecule has 1 aliphatic rings. The summed E-state index contributed by atoms with van der Waals surface area (Å²) in [6.45, 7) is 4.57. The Hall–Kier alpha value is -0.480. The van der Waals surface area contributed by atoms with Gasteiger partial charge in [-0.1, -0.05) is 13.8 Å². The number of halogens is 1. The maximum atomic E-state index is 6.44. The second kappa shape index (κ2) is 4.41. The number of hydrogen-bond donors (Lipinski definition) is 1. The summed E-state index contributed by atoms with van der Waals surface area (Å²) < 4.78 is 0.900. The zero-order valence-electron chi connectivity index (χ0n) is 9.78. The number of rotatable bonds is 1. The van der Waals surface area contributed by atoms with E-state index in [0.29, 0.717) is 5.92 Å². The highest BCUT2D eigenvalue weighted by atomic mass is 79.9. The van der Waals surface area contributed by atoms with Crippen molar-refractivity contribution in [1.29, 1.82) is 0 Å². The molecule has 0 aromatic carbocycles. The first-order valence-corrected chi connectivity index (χ1v) is 6.57. The predicted octanol–water partition coefficient (Wildman–Crippen LogP) is 2.85. The summed E-state index contributed by atoms with van der Waals surface area (Å²) in [6, 6.07) is 0. The molecule has 3 unspecified atom stereocenters. The van der Waals surface area contributed by atoms with Crippen molar-refractivity contribution in [2.45, 2.75) is 38.6 Å². The van der Waals surface area contributed by atoms with Gasteiger partial charge in [0.2, 0.25) is 0 Å². The van der Waals surface area contributed by atoms with Crippen molar-refractivity contribution in [3.8, 4) is 0 Å². The molecule has 1 aliphatic carbocycles. The molecule has 4 heteroatoms. The van der Waals surface area contributed by atoms with Crippen LogP contribution >= 0.6 is 15.9 Å². The lowest BCUT2D eigenvalue weighted by atomic mass is 9.71. The van der Waals surface area contributed by atoms with Gasteiger partial charge in [-0.15, -0.1) is 0 Å². The Morgan fingerprint density at radius 2 is 1.94 bits per heavy atom. The smallest absolute Gasteiger partial charge is 0.148 e. The van der Waals surface area contributed by atoms with E-state index in [9.17, 15) is 0 Å². The molecule has 1 saturated carbocycles. The first-order chi connectivity index (χ1) is 7.51. The molecule has 0 spiro atoms. The summed E-state index contributed by atoms with van der Waals surface area (Å²) in [6.07, 6.45) is 6.69. The molecule has 0 bridgehead atoms. The molecule has 0 radical (unpaired) electrons. The van der Waals surface area contributed by atoms with Gasteiger partial charge in [0, 0.05) is 12.4 Å². The fourth-order valence-electron chi connectivity index (χ4n) is 2.42.